The van der Waals surface area contributed by atoms with E-state index in [1.807, 2.05) is 6.07 Å². The Labute approximate surface area is 139 Å². The van der Waals surface area contributed by atoms with Crippen LogP contribution in [0.3, 0.4) is 0 Å². The van der Waals surface area contributed by atoms with Crippen LogP contribution >= 0.6 is 0 Å². The fourth-order valence-corrected chi connectivity index (χ4v) is 3.26. The molecule has 0 fully saturated rings. The van der Waals surface area contributed by atoms with Crippen LogP contribution in [0.25, 0.3) is 5.65 Å². The third-order valence-electron chi connectivity index (χ3n) is 4.47. The first-order chi connectivity index (χ1) is 11.8. The fraction of sp³-hybridized carbons (Fsp3) is 0.278. The Morgan fingerprint density at radius 1 is 1.29 bits per heavy atom. The summed E-state index contributed by atoms with van der Waals surface area (Å²) in [5, 5.41) is 7.05. The normalized spacial score (nSPS) is 13.0. The van der Waals surface area contributed by atoms with Gasteiger partial charge < -0.3 is 10.1 Å². The van der Waals surface area contributed by atoms with Gasteiger partial charge in [-0.2, -0.15) is 5.10 Å². The molecule has 24 heavy (non-hydrogen) atoms. The molecule has 2 aromatic heterocycles. The molecule has 4 rings (SSSR count). The van der Waals surface area contributed by atoms with E-state index in [9.17, 15) is 4.79 Å². The van der Waals surface area contributed by atoms with Crippen LogP contribution < -0.4 is 10.1 Å². The van der Waals surface area contributed by atoms with Gasteiger partial charge in [0.2, 0.25) is 0 Å². The first-order valence-electron chi connectivity index (χ1n) is 8.02. The number of aryl methyl sites for hydroxylation is 2. The van der Waals surface area contributed by atoms with Gasteiger partial charge in [0, 0.05) is 12.1 Å². The average Bonchev–Trinajstić information content (AvgIpc) is 3.26. The van der Waals surface area contributed by atoms with E-state index >= 15 is 0 Å². The molecule has 0 radical (unpaired) electrons. The number of fused-ring (bicyclic) bond motifs is 2. The van der Waals surface area contributed by atoms with Gasteiger partial charge in [-0.05, 0) is 48.6 Å². The summed E-state index contributed by atoms with van der Waals surface area (Å²) in [4.78, 5) is 16.6. The molecular formula is C18H18N4O2. The van der Waals surface area contributed by atoms with Crippen molar-refractivity contribution in [3.05, 3.63) is 59.0 Å². The minimum Gasteiger partial charge on any atom is -0.496 e. The lowest BCUT2D eigenvalue weighted by Gasteiger charge is -2.13. The summed E-state index contributed by atoms with van der Waals surface area (Å²) in [6.07, 6.45) is 4.82. The molecular weight excluding hydrogens is 304 g/mol. The zero-order chi connectivity index (χ0) is 16.5. The van der Waals surface area contributed by atoms with E-state index in [-0.39, 0.29) is 5.91 Å². The molecule has 1 aliphatic carbocycles. The molecule has 1 aliphatic rings. The van der Waals surface area contributed by atoms with Crippen molar-refractivity contribution in [2.45, 2.75) is 25.8 Å². The summed E-state index contributed by atoms with van der Waals surface area (Å²) in [6.45, 7) is 0.417. The number of pyridine rings is 1. The Kier molecular flexibility index (Phi) is 3.65. The number of ether oxygens (including phenoxy) is 1. The number of hydrogen-bond donors (Lipinski definition) is 1. The molecule has 0 aliphatic heterocycles. The van der Waals surface area contributed by atoms with Gasteiger partial charge in [0.15, 0.2) is 5.65 Å². The van der Waals surface area contributed by atoms with Gasteiger partial charge in [-0.3, -0.25) is 4.79 Å². The molecule has 1 N–H and O–H groups in total. The van der Waals surface area contributed by atoms with Crippen LogP contribution in [0.5, 0.6) is 5.75 Å². The van der Waals surface area contributed by atoms with E-state index in [1.165, 1.54) is 28.4 Å². The number of benzene rings is 1. The van der Waals surface area contributed by atoms with Crippen molar-refractivity contribution in [1.29, 1.82) is 0 Å². The van der Waals surface area contributed by atoms with E-state index in [0.29, 0.717) is 17.9 Å². The molecule has 0 bridgehead atoms. The van der Waals surface area contributed by atoms with Crippen molar-refractivity contribution >= 4 is 11.6 Å². The number of nitrogens with one attached hydrogen (secondary N) is 1. The monoisotopic (exact) mass is 322 g/mol. The molecule has 6 heteroatoms. The van der Waals surface area contributed by atoms with Gasteiger partial charge in [0.1, 0.15) is 17.8 Å². The van der Waals surface area contributed by atoms with Gasteiger partial charge in [0.05, 0.1) is 7.11 Å². The van der Waals surface area contributed by atoms with Crippen LogP contribution in [0.4, 0.5) is 0 Å². The number of carbonyl (C=O) groups is 1. The molecule has 2 heterocycles. The largest absolute Gasteiger partial charge is 0.496 e. The molecule has 3 aromatic rings. The highest BCUT2D eigenvalue weighted by Crippen LogP contribution is 2.29. The number of carbonyl (C=O) groups excluding carboxylic acids is 1. The maximum atomic E-state index is 12.5. The summed E-state index contributed by atoms with van der Waals surface area (Å²) in [6, 6.07) is 9.60. The molecule has 0 unspecified atom stereocenters. The third-order valence-corrected chi connectivity index (χ3v) is 4.47. The lowest BCUT2D eigenvalue weighted by atomic mass is 10.0. The van der Waals surface area contributed by atoms with Crippen molar-refractivity contribution in [3.63, 3.8) is 0 Å². The Hall–Kier alpha value is -2.89. The molecule has 6 nitrogen and oxygen atoms in total. The highest BCUT2D eigenvalue weighted by Gasteiger charge is 2.16. The maximum absolute atomic E-state index is 12.5. The zero-order valence-corrected chi connectivity index (χ0v) is 13.5. The third kappa shape index (κ3) is 2.50. The SMILES string of the molecule is COc1cc2c(cc1CNC(=O)c1cccc3ncnn13)CCC2. The van der Waals surface area contributed by atoms with Gasteiger partial charge in [-0.25, -0.2) is 9.50 Å². The number of nitrogens with zero attached hydrogens (tertiary/aromatic N) is 3. The number of hydrogen-bond acceptors (Lipinski definition) is 4. The lowest BCUT2D eigenvalue weighted by molar-refractivity contribution is 0.0943. The van der Waals surface area contributed by atoms with Gasteiger partial charge >= 0.3 is 0 Å². The number of aromatic nitrogens is 3. The molecule has 1 amide bonds. The van der Waals surface area contributed by atoms with Crippen molar-refractivity contribution in [2.75, 3.05) is 7.11 Å². The van der Waals surface area contributed by atoms with Crippen LogP contribution in [0.2, 0.25) is 0 Å². The minimum absolute atomic E-state index is 0.186. The van der Waals surface area contributed by atoms with Crippen LogP contribution in [-0.4, -0.2) is 27.6 Å². The summed E-state index contributed by atoms with van der Waals surface area (Å²) in [5.74, 6) is 0.642. The predicted molar refractivity (Wildman–Crippen MR) is 89.2 cm³/mol. The van der Waals surface area contributed by atoms with Crippen molar-refractivity contribution < 1.29 is 9.53 Å². The lowest BCUT2D eigenvalue weighted by Crippen LogP contribution is -2.25. The van der Waals surface area contributed by atoms with Gasteiger partial charge in [-0.15, -0.1) is 0 Å². The molecule has 0 atom stereocenters. The van der Waals surface area contributed by atoms with E-state index < -0.39 is 0 Å². The number of amides is 1. The van der Waals surface area contributed by atoms with Crippen LogP contribution in [-0.2, 0) is 19.4 Å². The first kappa shape index (κ1) is 14.7. The molecule has 122 valence electrons. The van der Waals surface area contributed by atoms with E-state index in [4.69, 9.17) is 4.74 Å². The number of rotatable bonds is 4. The molecule has 0 saturated carbocycles. The molecule has 1 aromatic carbocycles. The van der Waals surface area contributed by atoms with Crippen LogP contribution in [0.15, 0.2) is 36.7 Å². The molecule has 0 saturated heterocycles. The topological polar surface area (TPSA) is 68.5 Å². The predicted octanol–water partition coefficient (Wildman–Crippen LogP) is 2.16. The summed E-state index contributed by atoms with van der Waals surface area (Å²) >= 11 is 0. The smallest absolute Gasteiger partial charge is 0.270 e. The zero-order valence-electron chi connectivity index (χ0n) is 13.5. The maximum Gasteiger partial charge on any atom is 0.270 e. The van der Waals surface area contributed by atoms with Gasteiger partial charge in [-0.1, -0.05) is 12.1 Å². The van der Waals surface area contributed by atoms with Crippen molar-refractivity contribution in [2.24, 2.45) is 0 Å². The Balaban J connectivity index is 1.57. The second-order valence-corrected chi connectivity index (χ2v) is 5.91. The minimum atomic E-state index is -0.186. The molecule has 0 spiro atoms. The highest BCUT2D eigenvalue weighted by atomic mass is 16.5. The average molecular weight is 322 g/mol. The number of methoxy groups -OCH3 is 1. The highest BCUT2D eigenvalue weighted by molar-refractivity contribution is 5.93. The van der Waals surface area contributed by atoms with E-state index in [0.717, 1.165) is 24.2 Å². The van der Waals surface area contributed by atoms with E-state index in [1.54, 1.807) is 19.2 Å². The summed E-state index contributed by atoms with van der Waals surface area (Å²) in [7, 11) is 1.66. The standard InChI is InChI=1S/C18H18N4O2/c1-24-16-9-13-5-2-4-12(13)8-14(16)10-19-18(23)15-6-3-7-17-20-11-21-22(15)17/h3,6-9,11H,2,4-5,10H2,1H3,(H,19,23). The van der Waals surface area contributed by atoms with Crippen molar-refractivity contribution in [3.8, 4) is 5.75 Å². The Bertz CT molecular complexity index is 917. The quantitative estimate of drug-likeness (QED) is 0.799. The van der Waals surface area contributed by atoms with Crippen LogP contribution in [0, 0.1) is 0 Å². The van der Waals surface area contributed by atoms with Crippen molar-refractivity contribution in [1.82, 2.24) is 19.9 Å². The fourth-order valence-electron chi connectivity index (χ4n) is 3.26. The second kappa shape index (κ2) is 5.96. The summed E-state index contributed by atoms with van der Waals surface area (Å²) < 4.78 is 7.02. The Morgan fingerprint density at radius 2 is 2.12 bits per heavy atom. The first-order valence-corrected chi connectivity index (χ1v) is 8.02. The summed E-state index contributed by atoms with van der Waals surface area (Å²) in [5.41, 5.74) is 4.83. The Morgan fingerprint density at radius 3 is 2.96 bits per heavy atom. The second-order valence-electron chi connectivity index (χ2n) is 5.91. The van der Waals surface area contributed by atoms with Crippen LogP contribution in [0.1, 0.15) is 33.6 Å². The van der Waals surface area contributed by atoms with Gasteiger partial charge in [0.25, 0.3) is 5.91 Å². The van der Waals surface area contributed by atoms with E-state index in [2.05, 4.69) is 27.5 Å².